The Morgan fingerprint density at radius 3 is 2.35 bits per heavy atom. The SMILES string of the molecule is Oc1cccc(CNCc2ccccc2)c1O. The quantitative estimate of drug-likeness (QED) is 0.705. The predicted molar refractivity (Wildman–Crippen MR) is 66.8 cm³/mol. The van der Waals surface area contributed by atoms with Crippen molar-refractivity contribution in [1.82, 2.24) is 5.32 Å². The lowest BCUT2D eigenvalue weighted by molar-refractivity contribution is 0.397. The lowest BCUT2D eigenvalue weighted by atomic mass is 10.1. The van der Waals surface area contributed by atoms with Crippen LogP contribution < -0.4 is 5.32 Å². The number of hydrogen-bond donors (Lipinski definition) is 3. The normalized spacial score (nSPS) is 10.4. The molecule has 0 aliphatic heterocycles. The summed E-state index contributed by atoms with van der Waals surface area (Å²) < 4.78 is 0. The highest BCUT2D eigenvalue weighted by Crippen LogP contribution is 2.27. The number of phenolic OH excluding ortho intramolecular Hbond substituents is 2. The van der Waals surface area contributed by atoms with Crippen LogP contribution in [-0.4, -0.2) is 10.2 Å². The van der Waals surface area contributed by atoms with Gasteiger partial charge >= 0.3 is 0 Å². The first-order valence-corrected chi connectivity index (χ1v) is 5.52. The van der Waals surface area contributed by atoms with Crippen LogP contribution in [0.3, 0.4) is 0 Å². The molecule has 0 aliphatic carbocycles. The largest absolute Gasteiger partial charge is 0.504 e. The third-order valence-electron chi connectivity index (χ3n) is 2.59. The summed E-state index contributed by atoms with van der Waals surface area (Å²) in [6.45, 7) is 1.26. The van der Waals surface area contributed by atoms with Gasteiger partial charge in [0.05, 0.1) is 0 Å². The highest BCUT2D eigenvalue weighted by Gasteiger charge is 2.04. The molecule has 0 amide bonds. The molecule has 0 spiro atoms. The predicted octanol–water partition coefficient (Wildman–Crippen LogP) is 2.39. The fraction of sp³-hybridized carbons (Fsp3) is 0.143. The van der Waals surface area contributed by atoms with Crippen molar-refractivity contribution in [3.63, 3.8) is 0 Å². The minimum absolute atomic E-state index is 0.0481. The molecule has 0 saturated carbocycles. The molecule has 2 aromatic carbocycles. The van der Waals surface area contributed by atoms with Gasteiger partial charge in [0.2, 0.25) is 0 Å². The molecule has 3 nitrogen and oxygen atoms in total. The van der Waals surface area contributed by atoms with Gasteiger partial charge in [-0.15, -0.1) is 0 Å². The molecule has 88 valence electrons. The van der Waals surface area contributed by atoms with Gasteiger partial charge in [-0.2, -0.15) is 0 Å². The summed E-state index contributed by atoms with van der Waals surface area (Å²) >= 11 is 0. The molecule has 3 heteroatoms. The van der Waals surface area contributed by atoms with Crippen LogP contribution in [0.5, 0.6) is 11.5 Å². The van der Waals surface area contributed by atoms with Gasteiger partial charge in [-0.3, -0.25) is 0 Å². The average Bonchev–Trinajstić information content (AvgIpc) is 2.36. The van der Waals surface area contributed by atoms with Crippen molar-refractivity contribution >= 4 is 0 Å². The van der Waals surface area contributed by atoms with Crippen LogP contribution in [0.15, 0.2) is 48.5 Å². The molecule has 0 atom stereocenters. The van der Waals surface area contributed by atoms with Crippen LogP contribution in [0.4, 0.5) is 0 Å². The van der Waals surface area contributed by atoms with Crippen molar-refractivity contribution in [2.24, 2.45) is 0 Å². The summed E-state index contributed by atoms with van der Waals surface area (Å²) in [5, 5.41) is 22.2. The van der Waals surface area contributed by atoms with E-state index in [0.717, 1.165) is 6.54 Å². The third-order valence-corrected chi connectivity index (χ3v) is 2.59. The molecule has 0 bridgehead atoms. The number of hydrogen-bond acceptors (Lipinski definition) is 3. The van der Waals surface area contributed by atoms with E-state index in [1.165, 1.54) is 11.6 Å². The maximum Gasteiger partial charge on any atom is 0.161 e. The zero-order valence-corrected chi connectivity index (χ0v) is 9.43. The zero-order valence-electron chi connectivity index (χ0n) is 9.43. The molecule has 17 heavy (non-hydrogen) atoms. The number of nitrogens with one attached hydrogen (secondary N) is 1. The minimum atomic E-state index is -0.0796. The number of aromatic hydroxyl groups is 2. The summed E-state index contributed by atoms with van der Waals surface area (Å²) in [7, 11) is 0. The number of phenols is 2. The van der Waals surface area contributed by atoms with Gasteiger partial charge in [0, 0.05) is 18.7 Å². The summed E-state index contributed by atoms with van der Waals surface area (Å²) in [6, 6.07) is 15.0. The van der Waals surface area contributed by atoms with Crippen LogP contribution in [0.1, 0.15) is 11.1 Å². The second-order valence-electron chi connectivity index (χ2n) is 3.87. The Morgan fingerprint density at radius 2 is 1.59 bits per heavy atom. The number of rotatable bonds is 4. The Labute approximate surface area is 100 Å². The van der Waals surface area contributed by atoms with Gasteiger partial charge in [-0.25, -0.2) is 0 Å². The maximum absolute atomic E-state index is 9.60. The van der Waals surface area contributed by atoms with Crippen molar-refractivity contribution in [3.05, 3.63) is 59.7 Å². The highest BCUT2D eigenvalue weighted by molar-refractivity contribution is 5.44. The van der Waals surface area contributed by atoms with Crippen LogP contribution in [0.2, 0.25) is 0 Å². The van der Waals surface area contributed by atoms with E-state index in [0.29, 0.717) is 12.1 Å². The van der Waals surface area contributed by atoms with E-state index in [9.17, 15) is 10.2 Å². The molecule has 2 aromatic rings. The molecule has 0 heterocycles. The summed E-state index contributed by atoms with van der Waals surface area (Å²) in [6.07, 6.45) is 0. The monoisotopic (exact) mass is 229 g/mol. The lowest BCUT2D eigenvalue weighted by Gasteiger charge is -2.07. The molecule has 3 N–H and O–H groups in total. The van der Waals surface area contributed by atoms with Crippen molar-refractivity contribution in [2.75, 3.05) is 0 Å². The zero-order chi connectivity index (χ0) is 12.1. The Morgan fingerprint density at radius 1 is 0.824 bits per heavy atom. The minimum Gasteiger partial charge on any atom is -0.504 e. The van der Waals surface area contributed by atoms with Crippen LogP contribution >= 0.6 is 0 Å². The van der Waals surface area contributed by atoms with Crippen molar-refractivity contribution in [1.29, 1.82) is 0 Å². The van der Waals surface area contributed by atoms with Crippen molar-refractivity contribution < 1.29 is 10.2 Å². The van der Waals surface area contributed by atoms with E-state index >= 15 is 0 Å². The van der Waals surface area contributed by atoms with Crippen LogP contribution in [0, 0.1) is 0 Å². The van der Waals surface area contributed by atoms with Gasteiger partial charge in [-0.05, 0) is 11.6 Å². The van der Waals surface area contributed by atoms with E-state index in [4.69, 9.17) is 0 Å². The molecule has 0 aliphatic rings. The smallest absolute Gasteiger partial charge is 0.161 e. The maximum atomic E-state index is 9.60. The van der Waals surface area contributed by atoms with E-state index in [1.807, 2.05) is 30.3 Å². The van der Waals surface area contributed by atoms with Crippen LogP contribution in [-0.2, 0) is 13.1 Å². The Bertz CT molecular complexity index is 483. The number of para-hydroxylation sites is 1. The standard InChI is InChI=1S/C14H15NO2/c16-13-8-4-7-12(14(13)17)10-15-9-11-5-2-1-3-6-11/h1-8,15-17H,9-10H2. The summed E-state index contributed by atoms with van der Waals surface area (Å²) in [5.41, 5.74) is 1.88. The first kappa shape index (κ1) is 11.5. The molecular weight excluding hydrogens is 214 g/mol. The summed E-state index contributed by atoms with van der Waals surface area (Å²) in [5.74, 6) is -0.128. The van der Waals surface area contributed by atoms with E-state index in [2.05, 4.69) is 5.32 Å². The van der Waals surface area contributed by atoms with Gasteiger partial charge in [0.15, 0.2) is 11.5 Å². The van der Waals surface area contributed by atoms with Gasteiger partial charge in [0.25, 0.3) is 0 Å². The molecule has 2 rings (SSSR count). The Balaban J connectivity index is 1.93. The Hall–Kier alpha value is -2.00. The summed E-state index contributed by atoms with van der Waals surface area (Å²) in [4.78, 5) is 0. The topological polar surface area (TPSA) is 52.5 Å². The molecule has 0 fully saturated rings. The first-order valence-electron chi connectivity index (χ1n) is 5.52. The average molecular weight is 229 g/mol. The highest BCUT2D eigenvalue weighted by atomic mass is 16.3. The molecule has 0 unspecified atom stereocenters. The van der Waals surface area contributed by atoms with Gasteiger partial charge < -0.3 is 15.5 Å². The molecular formula is C14H15NO2. The second kappa shape index (κ2) is 5.37. The van der Waals surface area contributed by atoms with Crippen molar-refractivity contribution in [3.8, 4) is 11.5 Å². The van der Waals surface area contributed by atoms with Gasteiger partial charge in [0.1, 0.15) is 0 Å². The number of benzene rings is 2. The third kappa shape index (κ3) is 2.98. The van der Waals surface area contributed by atoms with E-state index in [1.54, 1.807) is 12.1 Å². The fourth-order valence-corrected chi connectivity index (χ4v) is 1.66. The van der Waals surface area contributed by atoms with Crippen molar-refractivity contribution in [2.45, 2.75) is 13.1 Å². The van der Waals surface area contributed by atoms with E-state index in [-0.39, 0.29) is 11.5 Å². The fourth-order valence-electron chi connectivity index (χ4n) is 1.66. The lowest BCUT2D eigenvalue weighted by Crippen LogP contribution is -2.12. The molecule has 0 saturated heterocycles. The Kier molecular flexibility index (Phi) is 3.62. The van der Waals surface area contributed by atoms with E-state index < -0.39 is 0 Å². The molecule has 0 aromatic heterocycles. The first-order chi connectivity index (χ1) is 8.27. The van der Waals surface area contributed by atoms with Crippen LogP contribution in [0.25, 0.3) is 0 Å². The second-order valence-corrected chi connectivity index (χ2v) is 3.87. The molecule has 0 radical (unpaired) electrons. The van der Waals surface area contributed by atoms with Gasteiger partial charge in [-0.1, -0.05) is 42.5 Å².